The second-order valence-corrected chi connectivity index (χ2v) is 7.76. The number of rotatable bonds is 5. The van der Waals surface area contributed by atoms with Crippen LogP contribution in [0.2, 0.25) is 0 Å². The van der Waals surface area contributed by atoms with Crippen molar-refractivity contribution >= 4 is 0 Å². The number of epoxide rings is 1. The van der Waals surface area contributed by atoms with Gasteiger partial charge >= 0.3 is 0 Å². The molecule has 0 bridgehead atoms. The van der Waals surface area contributed by atoms with E-state index < -0.39 is 12.1 Å². The van der Waals surface area contributed by atoms with E-state index in [1.54, 1.807) is 0 Å². The van der Waals surface area contributed by atoms with E-state index in [4.69, 9.17) is 23.7 Å². The summed E-state index contributed by atoms with van der Waals surface area (Å²) in [5.41, 5.74) is 2.28. The maximum atomic E-state index is 6.28. The lowest BCUT2D eigenvalue weighted by atomic mass is 10.0. The standard InChI is InChI=1S/C22H24O5/c1-22(2)26-20-17(23-13-14-9-5-3-6-10-14)19(25-21(20)27-22)18-16(24-18)15-11-7-4-8-12-15/h3-12,16-21H,13H2,1-2H3/t16-,17+,18+,19+,20-,21?/m1/s1. The number of ether oxygens (including phenoxy) is 5. The molecule has 0 spiro atoms. The van der Waals surface area contributed by atoms with Crippen molar-refractivity contribution in [1.82, 2.24) is 0 Å². The van der Waals surface area contributed by atoms with Crippen molar-refractivity contribution in [3.63, 3.8) is 0 Å². The lowest BCUT2D eigenvalue weighted by molar-refractivity contribution is -0.221. The first-order chi connectivity index (χ1) is 13.1. The quantitative estimate of drug-likeness (QED) is 0.755. The van der Waals surface area contributed by atoms with Gasteiger partial charge in [-0.2, -0.15) is 0 Å². The second-order valence-electron chi connectivity index (χ2n) is 7.76. The summed E-state index contributed by atoms with van der Waals surface area (Å²) in [6.45, 7) is 4.30. The average Bonchev–Trinajstić information content (AvgIpc) is 3.32. The van der Waals surface area contributed by atoms with Gasteiger partial charge in [0.05, 0.1) is 6.61 Å². The van der Waals surface area contributed by atoms with E-state index in [2.05, 4.69) is 24.3 Å². The molecule has 0 aliphatic carbocycles. The van der Waals surface area contributed by atoms with Crippen molar-refractivity contribution in [2.45, 2.75) is 63.1 Å². The van der Waals surface area contributed by atoms with Gasteiger partial charge in [-0.3, -0.25) is 0 Å². The van der Waals surface area contributed by atoms with Crippen LogP contribution in [-0.4, -0.2) is 36.5 Å². The van der Waals surface area contributed by atoms with Crippen LogP contribution in [0.3, 0.4) is 0 Å². The Bertz CT molecular complexity index is 778. The second kappa shape index (κ2) is 6.69. The van der Waals surface area contributed by atoms with Gasteiger partial charge < -0.3 is 23.7 Å². The van der Waals surface area contributed by atoms with Crippen LogP contribution in [0.5, 0.6) is 0 Å². The smallest absolute Gasteiger partial charge is 0.190 e. The predicted molar refractivity (Wildman–Crippen MR) is 97.8 cm³/mol. The van der Waals surface area contributed by atoms with Crippen LogP contribution in [0, 0.1) is 0 Å². The van der Waals surface area contributed by atoms with Crippen molar-refractivity contribution < 1.29 is 23.7 Å². The highest BCUT2D eigenvalue weighted by Crippen LogP contribution is 2.49. The highest BCUT2D eigenvalue weighted by Gasteiger charge is 2.62. The van der Waals surface area contributed by atoms with Crippen molar-refractivity contribution in [3.05, 3.63) is 71.8 Å². The molecule has 3 fully saturated rings. The Labute approximate surface area is 159 Å². The van der Waals surface area contributed by atoms with Crippen LogP contribution >= 0.6 is 0 Å². The van der Waals surface area contributed by atoms with Crippen LogP contribution in [0.4, 0.5) is 0 Å². The summed E-state index contributed by atoms with van der Waals surface area (Å²) < 4.78 is 30.5. The third-order valence-corrected chi connectivity index (χ3v) is 5.29. The fourth-order valence-corrected chi connectivity index (χ4v) is 4.01. The highest BCUT2D eigenvalue weighted by molar-refractivity contribution is 5.24. The fraction of sp³-hybridized carbons (Fsp3) is 0.455. The van der Waals surface area contributed by atoms with Gasteiger partial charge in [-0.15, -0.1) is 0 Å². The maximum absolute atomic E-state index is 6.28. The van der Waals surface area contributed by atoms with Gasteiger partial charge in [0.1, 0.15) is 30.5 Å². The molecule has 1 unspecified atom stereocenters. The normalized spacial score (nSPS) is 36.5. The Morgan fingerprint density at radius 1 is 0.815 bits per heavy atom. The van der Waals surface area contributed by atoms with E-state index in [0.717, 1.165) is 11.1 Å². The van der Waals surface area contributed by atoms with Gasteiger partial charge in [0.15, 0.2) is 12.1 Å². The Kier molecular flexibility index (Phi) is 4.30. The van der Waals surface area contributed by atoms with E-state index in [1.807, 2.05) is 50.2 Å². The fourth-order valence-electron chi connectivity index (χ4n) is 4.01. The zero-order valence-corrected chi connectivity index (χ0v) is 15.5. The molecular weight excluding hydrogens is 344 g/mol. The molecule has 0 N–H and O–H groups in total. The first-order valence-corrected chi connectivity index (χ1v) is 9.48. The zero-order valence-electron chi connectivity index (χ0n) is 15.5. The van der Waals surface area contributed by atoms with Crippen molar-refractivity contribution in [2.24, 2.45) is 0 Å². The Hall–Kier alpha value is -1.76. The van der Waals surface area contributed by atoms with E-state index >= 15 is 0 Å². The first-order valence-electron chi connectivity index (χ1n) is 9.48. The van der Waals surface area contributed by atoms with E-state index in [9.17, 15) is 0 Å². The first kappa shape index (κ1) is 17.3. The van der Waals surface area contributed by atoms with Gasteiger partial charge in [0.2, 0.25) is 0 Å². The van der Waals surface area contributed by atoms with Gasteiger partial charge in [0, 0.05) is 0 Å². The van der Waals surface area contributed by atoms with Gasteiger partial charge in [-0.1, -0.05) is 60.7 Å². The summed E-state index contributed by atoms with van der Waals surface area (Å²) in [5, 5.41) is 0. The van der Waals surface area contributed by atoms with E-state index in [1.165, 1.54) is 0 Å². The third kappa shape index (κ3) is 3.42. The van der Waals surface area contributed by atoms with Crippen LogP contribution < -0.4 is 0 Å². The summed E-state index contributed by atoms with van der Waals surface area (Å²) in [6, 6.07) is 20.3. The average molecular weight is 368 g/mol. The SMILES string of the molecule is CC1(C)OC2O[C@H]([C@H]3O[C@@H]3c3ccccc3)[C@H](OCc3ccccc3)[C@H]2O1. The number of hydrogen-bond acceptors (Lipinski definition) is 5. The van der Waals surface area contributed by atoms with E-state index in [-0.39, 0.29) is 30.5 Å². The van der Waals surface area contributed by atoms with Crippen molar-refractivity contribution in [1.29, 1.82) is 0 Å². The Morgan fingerprint density at radius 2 is 1.52 bits per heavy atom. The molecule has 0 amide bonds. The molecule has 3 aliphatic heterocycles. The molecule has 3 aliphatic rings. The zero-order chi connectivity index (χ0) is 18.4. The number of benzene rings is 2. The molecule has 2 aromatic rings. The molecule has 0 radical (unpaired) electrons. The molecule has 5 nitrogen and oxygen atoms in total. The largest absolute Gasteiger partial charge is 0.368 e. The summed E-state index contributed by atoms with van der Waals surface area (Å²) in [6.07, 6.45) is -1.15. The molecule has 27 heavy (non-hydrogen) atoms. The summed E-state index contributed by atoms with van der Waals surface area (Å²) in [4.78, 5) is 0. The molecule has 2 aromatic carbocycles. The van der Waals surface area contributed by atoms with Crippen LogP contribution in [-0.2, 0) is 30.3 Å². The molecule has 3 saturated heterocycles. The topological polar surface area (TPSA) is 49.5 Å². The van der Waals surface area contributed by atoms with Crippen molar-refractivity contribution in [2.75, 3.05) is 0 Å². The minimum absolute atomic E-state index is 0.0332. The predicted octanol–water partition coefficient (Wildman–Crippen LogP) is 3.59. The molecule has 0 saturated carbocycles. The lowest BCUT2D eigenvalue weighted by Crippen LogP contribution is -2.39. The number of hydrogen-bond donors (Lipinski definition) is 0. The Morgan fingerprint density at radius 3 is 2.26 bits per heavy atom. The lowest BCUT2D eigenvalue weighted by Gasteiger charge is -2.25. The molecular formula is C22H24O5. The molecule has 0 aromatic heterocycles. The third-order valence-electron chi connectivity index (χ3n) is 5.29. The van der Waals surface area contributed by atoms with Gasteiger partial charge in [-0.05, 0) is 25.0 Å². The molecule has 5 rings (SSSR count). The van der Waals surface area contributed by atoms with Crippen LogP contribution in [0.1, 0.15) is 31.1 Å². The molecule has 142 valence electrons. The minimum Gasteiger partial charge on any atom is -0.368 e. The number of fused-ring (bicyclic) bond motifs is 1. The highest BCUT2D eigenvalue weighted by atomic mass is 16.8. The molecule has 3 heterocycles. The molecule has 5 heteroatoms. The summed E-state index contributed by atoms with van der Waals surface area (Å²) in [5.74, 6) is -0.669. The van der Waals surface area contributed by atoms with Gasteiger partial charge in [-0.25, -0.2) is 0 Å². The van der Waals surface area contributed by atoms with Crippen molar-refractivity contribution in [3.8, 4) is 0 Å². The minimum atomic E-state index is -0.669. The van der Waals surface area contributed by atoms with E-state index in [0.29, 0.717) is 6.61 Å². The summed E-state index contributed by atoms with van der Waals surface area (Å²) in [7, 11) is 0. The maximum Gasteiger partial charge on any atom is 0.190 e. The monoisotopic (exact) mass is 368 g/mol. The summed E-state index contributed by atoms with van der Waals surface area (Å²) >= 11 is 0. The van der Waals surface area contributed by atoms with Gasteiger partial charge in [0.25, 0.3) is 0 Å². The van der Waals surface area contributed by atoms with Crippen LogP contribution in [0.15, 0.2) is 60.7 Å². The Balaban J connectivity index is 1.33. The van der Waals surface area contributed by atoms with Crippen LogP contribution in [0.25, 0.3) is 0 Å². The molecule has 6 atom stereocenters.